The zero-order chi connectivity index (χ0) is 13.6. The van der Waals surface area contributed by atoms with Crippen LogP contribution in [0.2, 0.25) is 0 Å². The molecule has 0 atom stereocenters. The van der Waals surface area contributed by atoms with Crippen molar-refractivity contribution in [3.05, 3.63) is 29.6 Å². The van der Waals surface area contributed by atoms with Crippen molar-refractivity contribution in [1.82, 2.24) is 0 Å². The van der Waals surface area contributed by atoms with E-state index in [-0.39, 0.29) is 11.6 Å². The van der Waals surface area contributed by atoms with Crippen LogP contribution in [0.3, 0.4) is 0 Å². The minimum absolute atomic E-state index is 0.00971. The molecule has 0 radical (unpaired) electrons. The van der Waals surface area contributed by atoms with Gasteiger partial charge in [-0.1, -0.05) is 0 Å². The monoisotopic (exact) mass is 294 g/mol. The summed E-state index contributed by atoms with van der Waals surface area (Å²) < 4.78 is 39.7. The molecule has 0 bridgehead atoms. The van der Waals surface area contributed by atoms with Crippen LogP contribution in [0.4, 0.5) is 4.39 Å². The quantitative estimate of drug-likeness (QED) is 0.573. The molecule has 0 spiro atoms. The number of ether oxygens (including phenoxy) is 1. The van der Waals surface area contributed by atoms with Crippen LogP contribution in [0.1, 0.15) is 24.8 Å². The maximum absolute atomic E-state index is 13.0. The van der Waals surface area contributed by atoms with Gasteiger partial charge < -0.3 is 4.74 Å². The highest BCUT2D eigenvalue weighted by Crippen LogP contribution is 2.16. The Balaban J connectivity index is 2.20. The minimum Gasteiger partial charge on any atom is -0.494 e. The normalized spacial score (nSPS) is 11.5. The number of rotatable bonds is 7. The Hall–Kier alpha value is -0.810. The summed E-state index contributed by atoms with van der Waals surface area (Å²) in [6.45, 7) is 2.15. The van der Waals surface area contributed by atoms with Gasteiger partial charge in [0.25, 0.3) is 0 Å². The molecule has 1 aromatic rings. The Bertz CT molecular complexity index is 488. The van der Waals surface area contributed by atoms with Gasteiger partial charge in [0.15, 0.2) is 0 Å². The fraction of sp³-hybridized carbons (Fsp3) is 0.500. The highest BCUT2D eigenvalue weighted by Gasteiger charge is 2.04. The van der Waals surface area contributed by atoms with Gasteiger partial charge in [0, 0.05) is 10.7 Å². The summed E-state index contributed by atoms with van der Waals surface area (Å²) in [5.41, 5.74) is 0.542. The predicted molar refractivity (Wildman–Crippen MR) is 70.1 cm³/mol. The van der Waals surface area contributed by atoms with Crippen molar-refractivity contribution in [3.8, 4) is 5.75 Å². The SMILES string of the molecule is Cc1cc(OCCCCCS(=O)(=O)Cl)ccc1F. The Kier molecular flexibility index (Phi) is 5.88. The lowest BCUT2D eigenvalue weighted by Crippen LogP contribution is -2.01. The van der Waals surface area contributed by atoms with Crippen molar-refractivity contribution in [2.75, 3.05) is 12.4 Å². The zero-order valence-corrected chi connectivity index (χ0v) is 11.7. The van der Waals surface area contributed by atoms with E-state index in [0.29, 0.717) is 24.3 Å². The van der Waals surface area contributed by atoms with Crippen molar-refractivity contribution in [2.24, 2.45) is 0 Å². The largest absolute Gasteiger partial charge is 0.494 e. The number of aryl methyl sites for hydroxylation is 1. The summed E-state index contributed by atoms with van der Waals surface area (Å²) in [5, 5.41) is 0. The Morgan fingerprint density at radius 1 is 1.28 bits per heavy atom. The second-order valence-electron chi connectivity index (χ2n) is 4.06. The Labute approximate surface area is 111 Å². The molecule has 0 saturated heterocycles. The van der Waals surface area contributed by atoms with E-state index in [1.807, 2.05) is 0 Å². The van der Waals surface area contributed by atoms with Gasteiger partial charge in [0.05, 0.1) is 12.4 Å². The van der Waals surface area contributed by atoms with Crippen LogP contribution in [-0.2, 0) is 9.05 Å². The minimum atomic E-state index is -3.38. The van der Waals surface area contributed by atoms with Crippen LogP contribution in [0.25, 0.3) is 0 Å². The lowest BCUT2D eigenvalue weighted by molar-refractivity contribution is 0.305. The molecule has 0 heterocycles. The van der Waals surface area contributed by atoms with Crippen molar-refractivity contribution in [2.45, 2.75) is 26.2 Å². The van der Waals surface area contributed by atoms with Gasteiger partial charge in [-0.3, -0.25) is 0 Å². The Morgan fingerprint density at radius 2 is 2.00 bits per heavy atom. The first-order valence-electron chi connectivity index (χ1n) is 5.70. The average Bonchev–Trinajstić information content (AvgIpc) is 2.26. The van der Waals surface area contributed by atoms with E-state index in [2.05, 4.69) is 0 Å². The van der Waals surface area contributed by atoms with Gasteiger partial charge in [0.2, 0.25) is 9.05 Å². The summed E-state index contributed by atoms with van der Waals surface area (Å²) in [6, 6.07) is 4.58. The summed E-state index contributed by atoms with van der Waals surface area (Å²) in [5.74, 6) is 0.359. The van der Waals surface area contributed by atoms with Crippen LogP contribution in [0, 0.1) is 12.7 Å². The first-order chi connectivity index (χ1) is 8.38. The van der Waals surface area contributed by atoms with Gasteiger partial charge in [-0.05, 0) is 49.9 Å². The summed E-state index contributed by atoms with van der Waals surface area (Å²) in [6.07, 6.45) is 1.99. The average molecular weight is 295 g/mol. The summed E-state index contributed by atoms with van der Waals surface area (Å²) in [7, 11) is 1.70. The van der Waals surface area contributed by atoms with Crippen molar-refractivity contribution in [1.29, 1.82) is 0 Å². The fourth-order valence-electron chi connectivity index (χ4n) is 1.45. The number of unbranched alkanes of at least 4 members (excludes halogenated alkanes) is 2. The molecule has 0 N–H and O–H groups in total. The number of halogens is 2. The van der Waals surface area contributed by atoms with Crippen LogP contribution >= 0.6 is 10.7 Å². The van der Waals surface area contributed by atoms with E-state index in [1.165, 1.54) is 6.07 Å². The van der Waals surface area contributed by atoms with E-state index in [1.54, 1.807) is 19.1 Å². The third-order valence-electron chi connectivity index (χ3n) is 2.43. The lowest BCUT2D eigenvalue weighted by Gasteiger charge is -2.07. The van der Waals surface area contributed by atoms with E-state index in [9.17, 15) is 12.8 Å². The van der Waals surface area contributed by atoms with Crippen LogP contribution < -0.4 is 4.74 Å². The number of benzene rings is 1. The maximum atomic E-state index is 13.0. The maximum Gasteiger partial charge on any atom is 0.232 e. The zero-order valence-electron chi connectivity index (χ0n) is 10.2. The smallest absolute Gasteiger partial charge is 0.232 e. The fourth-order valence-corrected chi connectivity index (χ4v) is 2.33. The molecule has 0 aliphatic carbocycles. The molecular formula is C12H16ClFO3S. The predicted octanol–water partition coefficient (Wildman–Crippen LogP) is 3.25. The molecule has 6 heteroatoms. The summed E-state index contributed by atoms with van der Waals surface area (Å²) >= 11 is 0. The van der Waals surface area contributed by atoms with Crippen molar-refractivity contribution in [3.63, 3.8) is 0 Å². The van der Waals surface area contributed by atoms with Gasteiger partial charge >= 0.3 is 0 Å². The van der Waals surface area contributed by atoms with E-state index < -0.39 is 9.05 Å². The Morgan fingerprint density at radius 3 is 2.61 bits per heavy atom. The van der Waals surface area contributed by atoms with E-state index >= 15 is 0 Å². The van der Waals surface area contributed by atoms with Crippen molar-refractivity contribution < 1.29 is 17.5 Å². The van der Waals surface area contributed by atoms with E-state index in [4.69, 9.17) is 15.4 Å². The molecule has 0 saturated carbocycles. The molecule has 18 heavy (non-hydrogen) atoms. The molecule has 1 rings (SSSR count). The molecular weight excluding hydrogens is 279 g/mol. The third-order valence-corrected chi connectivity index (χ3v) is 3.67. The highest BCUT2D eigenvalue weighted by molar-refractivity contribution is 8.13. The number of hydrogen-bond donors (Lipinski definition) is 0. The lowest BCUT2D eigenvalue weighted by atomic mass is 10.2. The van der Waals surface area contributed by atoms with Gasteiger partial charge in [-0.2, -0.15) is 0 Å². The summed E-state index contributed by atoms with van der Waals surface area (Å²) in [4.78, 5) is 0. The first kappa shape index (κ1) is 15.2. The van der Waals surface area contributed by atoms with Crippen LogP contribution in [0.5, 0.6) is 5.75 Å². The van der Waals surface area contributed by atoms with Gasteiger partial charge in [-0.25, -0.2) is 12.8 Å². The molecule has 3 nitrogen and oxygen atoms in total. The van der Waals surface area contributed by atoms with Crippen LogP contribution in [-0.4, -0.2) is 20.8 Å². The molecule has 0 unspecified atom stereocenters. The van der Waals surface area contributed by atoms with E-state index in [0.717, 1.165) is 12.8 Å². The number of hydrogen-bond acceptors (Lipinski definition) is 3. The topological polar surface area (TPSA) is 43.4 Å². The second-order valence-corrected chi connectivity index (χ2v) is 6.96. The molecule has 0 aliphatic heterocycles. The van der Waals surface area contributed by atoms with Gasteiger partial charge in [0.1, 0.15) is 11.6 Å². The molecule has 0 aromatic heterocycles. The van der Waals surface area contributed by atoms with Crippen molar-refractivity contribution >= 4 is 19.7 Å². The molecule has 0 fully saturated rings. The molecule has 0 amide bonds. The molecule has 1 aromatic carbocycles. The first-order valence-corrected chi connectivity index (χ1v) is 8.17. The standard InChI is InChI=1S/C12H16ClFO3S/c1-10-9-11(5-6-12(10)14)17-7-3-2-4-8-18(13,15)16/h5-6,9H,2-4,7-8H2,1H3. The molecule has 0 aliphatic rings. The third kappa shape index (κ3) is 6.21. The molecule has 102 valence electrons. The second kappa shape index (κ2) is 6.95. The highest BCUT2D eigenvalue weighted by atomic mass is 35.7. The van der Waals surface area contributed by atoms with Gasteiger partial charge in [-0.15, -0.1) is 0 Å². The van der Waals surface area contributed by atoms with Crippen LogP contribution in [0.15, 0.2) is 18.2 Å².